The molecule has 2 atom stereocenters. The van der Waals surface area contributed by atoms with E-state index in [1.54, 1.807) is 38.1 Å². The van der Waals surface area contributed by atoms with E-state index in [-0.39, 0.29) is 12.1 Å². The van der Waals surface area contributed by atoms with Crippen molar-refractivity contribution in [1.82, 2.24) is 0 Å². The van der Waals surface area contributed by atoms with Crippen molar-refractivity contribution < 1.29 is 23.9 Å². The SMILES string of the molecule is Cc1cc(C)c(C(=O)C(=O)OC(C)CCC(C)OC(=O)c2ccccc2)c(C)c1. The molecule has 2 unspecified atom stereocenters. The lowest BCUT2D eigenvalue weighted by Gasteiger charge is -2.17. The zero-order chi connectivity index (χ0) is 21.6. The second kappa shape index (κ2) is 10.0. The Hall–Kier alpha value is -2.95. The fourth-order valence-electron chi connectivity index (χ4n) is 3.29. The van der Waals surface area contributed by atoms with Gasteiger partial charge in [0.05, 0.1) is 17.8 Å². The van der Waals surface area contributed by atoms with Crippen LogP contribution in [0, 0.1) is 20.8 Å². The topological polar surface area (TPSA) is 69.7 Å². The molecule has 0 aliphatic carbocycles. The lowest BCUT2D eigenvalue weighted by Crippen LogP contribution is -2.25. The first-order chi connectivity index (χ1) is 13.7. The van der Waals surface area contributed by atoms with Gasteiger partial charge in [-0.1, -0.05) is 35.9 Å². The van der Waals surface area contributed by atoms with Crippen LogP contribution in [0.25, 0.3) is 0 Å². The first-order valence-corrected chi connectivity index (χ1v) is 9.78. The quantitative estimate of drug-likeness (QED) is 0.366. The number of ketones is 1. The Balaban J connectivity index is 1.85. The fourth-order valence-corrected chi connectivity index (χ4v) is 3.29. The molecule has 5 nitrogen and oxygen atoms in total. The number of carbonyl (C=O) groups is 3. The van der Waals surface area contributed by atoms with Crippen molar-refractivity contribution in [2.75, 3.05) is 0 Å². The molecule has 0 bridgehead atoms. The largest absolute Gasteiger partial charge is 0.459 e. The molecule has 0 fully saturated rings. The second-order valence-corrected chi connectivity index (χ2v) is 7.48. The lowest BCUT2D eigenvalue weighted by molar-refractivity contribution is -0.143. The van der Waals surface area contributed by atoms with Gasteiger partial charge >= 0.3 is 11.9 Å². The van der Waals surface area contributed by atoms with Crippen LogP contribution >= 0.6 is 0 Å². The molecule has 0 aliphatic heterocycles. The van der Waals surface area contributed by atoms with Gasteiger partial charge in [-0.2, -0.15) is 0 Å². The maximum Gasteiger partial charge on any atom is 0.379 e. The van der Waals surface area contributed by atoms with Gasteiger partial charge in [0, 0.05) is 5.56 Å². The van der Waals surface area contributed by atoms with E-state index in [1.165, 1.54) is 0 Å². The van der Waals surface area contributed by atoms with Crippen molar-refractivity contribution >= 4 is 17.7 Å². The number of hydrogen-bond acceptors (Lipinski definition) is 5. The Labute approximate surface area is 172 Å². The normalized spacial score (nSPS) is 12.7. The molecule has 2 aromatic rings. The maximum atomic E-state index is 12.5. The van der Waals surface area contributed by atoms with Gasteiger partial charge in [-0.05, 0) is 70.7 Å². The van der Waals surface area contributed by atoms with E-state index in [0.717, 1.165) is 16.7 Å². The highest BCUT2D eigenvalue weighted by Crippen LogP contribution is 2.18. The van der Waals surface area contributed by atoms with Crippen LogP contribution in [0.4, 0.5) is 0 Å². The van der Waals surface area contributed by atoms with E-state index >= 15 is 0 Å². The van der Waals surface area contributed by atoms with Crippen LogP contribution in [0.3, 0.4) is 0 Å². The highest BCUT2D eigenvalue weighted by atomic mass is 16.6. The maximum absolute atomic E-state index is 12.5. The number of Topliss-reactive ketones (excluding diaryl/α,β-unsaturated/α-hetero) is 1. The van der Waals surface area contributed by atoms with Crippen molar-refractivity contribution in [2.45, 2.75) is 59.7 Å². The summed E-state index contributed by atoms with van der Waals surface area (Å²) in [6.45, 7) is 9.09. The zero-order valence-electron chi connectivity index (χ0n) is 17.7. The van der Waals surface area contributed by atoms with Crippen LogP contribution in [0.5, 0.6) is 0 Å². The number of hydrogen-bond donors (Lipinski definition) is 0. The molecule has 0 radical (unpaired) electrons. The minimum absolute atomic E-state index is 0.332. The predicted molar refractivity (Wildman–Crippen MR) is 111 cm³/mol. The Morgan fingerprint density at radius 1 is 0.828 bits per heavy atom. The Bertz CT molecular complexity index is 862. The van der Waals surface area contributed by atoms with Gasteiger partial charge < -0.3 is 9.47 Å². The van der Waals surface area contributed by atoms with Gasteiger partial charge in [0.25, 0.3) is 5.78 Å². The number of esters is 2. The van der Waals surface area contributed by atoms with Gasteiger partial charge in [-0.15, -0.1) is 0 Å². The van der Waals surface area contributed by atoms with Crippen LogP contribution in [0.2, 0.25) is 0 Å². The van der Waals surface area contributed by atoms with E-state index in [1.807, 2.05) is 39.0 Å². The molecule has 0 saturated heterocycles. The number of rotatable bonds is 8. The highest BCUT2D eigenvalue weighted by molar-refractivity contribution is 6.41. The third-order valence-corrected chi connectivity index (χ3v) is 4.70. The van der Waals surface area contributed by atoms with E-state index in [9.17, 15) is 14.4 Å². The van der Waals surface area contributed by atoms with Crippen LogP contribution < -0.4 is 0 Å². The molecular weight excluding hydrogens is 368 g/mol. The van der Waals surface area contributed by atoms with Crippen LogP contribution in [0.1, 0.15) is 64.1 Å². The number of benzene rings is 2. The van der Waals surface area contributed by atoms with E-state index < -0.39 is 17.9 Å². The van der Waals surface area contributed by atoms with Crippen molar-refractivity contribution in [2.24, 2.45) is 0 Å². The minimum Gasteiger partial charge on any atom is -0.459 e. The molecule has 0 saturated carbocycles. The summed E-state index contributed by atoms with van der Waals surface area (Å²) in [4.78, 5) is 36.9. The number of aryl methyl sites for hydroxylation is 3. The molecule has 154 valence electrons. The first-order valence-electron chi connectivity index (χ1n) is 9.78. The highest BCUT2D eigenvalue weighted by Gasteiger charge is 2.24. The first kappa shape index (κ1) is 22.3. The van der Waals surface area contributed by atoms with Crippen molar-refractivity contribution in [3.63, 3.8) is 0 Å². The van der Waals surface area contributed by atoms with Crippen molar-refractivity contribution in [3.8, 4) is 0 Å². The summed E-state index contributed by atoms with van der Waals surface area (Å²) in [7, 11) is 0. The third-order valence-electron chi connectivity index (χ3n) is 4.70. The van der Waals surface area contributed by atoms with E-state index in [0.29, 0.717) is 24.0 Å². The average molecular weight is 396 g/mol. The second-order valence-electron chi connectivity index (χ2n) is 7.48. The summed E-state index contributed by atoms with van der Waals surface area (Å²) in [6, 6.07) is 12.5. The monoisotopic (exact) mass is 396 g/mol. The van der Waals surface area contributed by atoms with Crippen molar-refractivity contribution in [1.29, 1.82) is 0 Å². The Kier molecular flexibility index (Phi) is 7.71. The predicted octanol–water partition coefficient (Wildman–Crippen LogP) is 4.75. The average Bonchev–Trinajstić information content (AvgIpc) is 2.66. The number of ether oxygens (including phenoxy) is 2. The summed E-state index contributed by atoms with van der Waals surface area (Å²) in [5.41, 5.74) is 3.46. The molecule has 0 spiro atoms. The number of carbonyl (C=O) groups excluding carboxylic acids is 3. The molecule has 0 amide bonds. The summed E-state index contributed by atoms with van der Waals surface area (Å²) < 4.78 is 10.7. The van der Waals surface area contributed by atoms with E-state index in [4.69, 9.17) is 9.47 Å². The van der Waals surface area contributed by atoms with Crippen LogP contribution in [-0.2, 0) is 14.3 Å². The Morgan fingerprint density at radius 2 is 1.34 bits per heavy atom. The molecule has 29 heavy (non-hydrogen) atoms. The summed E-state index contributed by atoms with van der Waals surface area (Å²) in [6.07, 6.45) is 0.203. The van der Waals surface area contributed by atoms with Gasteiger partial charge in [0.15, 0.2) is 0 Å². The van der Waals surface area contributed by atoms with Gasteiger partial charge in [0.1, 0.15) is 0 Å². The zero-order valence-corrected chi connectivity index (χ0v) is 17.7. The third kappa shape index (κ3) is 6.28. The molecule has 2 rings (SSSR count). The summed E-state index contributed by atoms with van der Waals surface area (Å²) in [5.74, 6) is -1.87. The Morgan fingerprint density at radius 3 is 1.90 bits per heavy atom. The van der Waals surface area contributed by atoms with Gasteiger partial charge in [-0.25, -0.2) is 9.59 Å². The molecular formula is C24H28O5. The molecule has 0 heterocycles. The van der Waals surface area contributed by atoms with E-state index in [2.05, 4.69) is 0 Å². The summed E-state index contributed by atoms with van der Waals surface area (Å²) >= 11 is 0. The molecule has 0 N–H and O–H groups in total. The molecule has 5 heteroatoms. The van der Waals surface area contributed by atoms with Crippen LogP contribution in [-0.4, -0.2) is 29.9 Å². The van der Waals surface area contributed by atoms with Gasteiger partial charge in [0.2, 0.25) is 0 Å². The molecule has 2 aromatic carbocycles. The lowest BCUT2D eigenvalue weighted by atomic mass is 9.96. The van der Waals surface area contributed by atoms with Crippen molar-refractivity contribution in [3.05, 3.63) is 70.3 Å². The molecule has 0 aliphatic rings. The summed E-state index contributed by atoms with van der Waals surface area (Å²) in [5, 5.41) is 0. The fraction of sp³-hybridized carbons (Fsp3) is 0.375. The minimum atomic E-state index is -0.860. The van der Waals surface area contributed by atoms with Crippen LogP contribution in [0.15, 0.2) is 42.5 Å². The standard InChI is InChI=1S/C24H28O5/c1-15-13-16(2)21(17(3)14-15)22(25)24(27)29-19(5)12-11-18(4)28-23(26)20-9-7-6-8-10-20/h6-10,13-14,18-19H,11-12H2,1-5H3. The molecule has 0 aromatic heterocycles. The smallest absolute Gasteiger partial charge is 0.379 e. The van der Waals surface area contributed by atoms with Gasteiger partial charge in [-0.3, -0.25) is 4.79 Å².